The highest BCUT2D eigenvalue weighted by Gasteiger charge is 2.50. The highest BCUT2D eigenvalue weighted by Crippen LogP contribution is 2.59. The molecule has 3 fully saturated rings. The van der Waals surface area contributed by atoms with Gasteiger partial charge >= 0.3 is 0 Å². The van der Waals surface area contributed by atoms with Crippen molar-refractivity contribution in [2.75, 3.05) is 6.61 Å². The minimum atomic E-state index is -0.974. The maximum absolute atomic E-state index is 10.7. The summed E-state index contributed by atoms with van der Waals surface area (Å²) >= 11 is 0. The minimum absolute atomic E-state index is 0.0119. The van der Waals surface area contributed by atoms with Gasteiger partial charge in [-0.3, -0.25) is 0 Å². The summed E-state index contributed by atoms with van der Waals surface area (Å²) in [6, 6.07) is 0. The average molecular weight is 429 g/mol. The van der Waals surface area contributed by atoms with Gasteiger partial charge in [0.1, 0.15) is 0 Å². The van der Waals surface area contributed by atoms with Crippen molar-refractivity contribution in [2.45, 2.75) is 90.8 Å². The van der Waals surface area contributed by atoms with E-state index < -0.39 is 5.60 Å². The first-order valence-electron chi connectivity index (χ1n) is 12.4. The smallest absolute Gasteiger partial charge is 0.0847 e. The van der Waals surface area contributed by atoms with Crippen molar-refractivity contribution in [2.24, 2.45) is 29.1 Å². The molecule has 0 saturated heterocycles. The van der Waals surface area contributed by atoms with E-state index in [0.717, 1.165) is 19.3 Å². The Balaban J connectivity index is 1.75. The molecule has 31 heavy (non-hydrogen) atoms. The van der Waals surface area contributed by atoms with Crippen LogP contribution in [0.5, 0.6) is 0 Å². The Hall–Kier alpha value is -1.16. The van der Waals surface area contributed by atoms with Crippen LogP contribution >= 0.6 is 0 Å². The van der Waals surface area contributed by atoms with Gasteiger partial charge in [-0.2, -0.15) is 0 Å². The predicted molar refractivity (Wildman–Crippen MR) is 129 cm³/mol. The van der Waals surface area contributed by atoms with E-state index in [0.29, 0.717) is 23.2 Å². The molecule has 0 aliphatic heterocycles. The minimum Gasteiger partial charge on any atom is -0.396 e. The number of fused-ring (bicyclic) bond motifs is 1. The van der Waals surface area contributed by atoms with Crippen LogP contribution in [-0.2, 0) is 0 Å². The lowest BCUT2D eigenvalue weighted by molar-refractivity contribution is 0.0245. The van der Waals surface area contributed by atoms with Crippen molar-refractivity contribution >= 4 is 0 Å². The maximum Gasteiger partial charge on any atom is 0.0847 e. The van der Waals surface area contributed by atoms with Crippen LogP contribution in [0.3, 0.4) is 0 Å². The molecule has 7 atom stereocenters. The van der Waals surface area contributed by atoms with Gasteiger partial charge in [0.15, 0.2) is 0 Å². The van der Waals surface area contributed by atoms with Gasteiger partial charge in [-0.25, -0.2) is 0 Å². The number of aliphatic hydroxyl groups excluding tert-OH is 2. The van der Waals surface area contributed by atoms with Crippen LogP contribution in [0.25, 0.3) is 0 Å². The van der Waals surface area contributed by atoms with E-state index >= 15 is 0 Å². The first-order valence-corrected chi connectivity index (χ1v) is 12.4. The number of rotatable bonds is 6. The summed E-state index contributed by atoms with van der Waals surface area (Å²) < 4.78 is 0. The fourth-order valence-electron chi connectivity index (χ4n) is 6.37. The van der Waals surface area contributed by atoms with Crippen molar-refractivity contribution in [3.05, 3.63) is 47.6 Å². The van der Waals surface area contributed by atoms with E-state index in [9.17, 15) is 15.3 Å². The van der Waals surface area contributed by atoms with Gasteiger partial charge in [-0.05, 0) is 87.0 Å². The summed E-state index contributed by atoms with van der Waals surface area (Å²) in [6.45, 7) is 12.7. The largest absolute Gasteiger partial charge is 0.396 e. The summed E-state index contributed by atoms with van der Waals surface area (Å²) in [5.41, 5.74) is 3.31. The van der Waals surface area contributed by atoms with E-state index in [1.54, 1.807) is 12.5 Å². The van der Waals surface area contributed by atoms with Gasteiger partial charge in [0, 0.05) is 12.5 Å². The number of allylic oxidation sites excluding steroid dienone is 5. The Bertz CT molecular complexity index is 743. The molecular formula is C28H44O3. The summed E-state index contributed by atoms with van der Waals surface area (Å²) in [6.07, 6.45) is 17.1. The Morgan fingerprint density at radius 2 is 1.94 bits per heavy atom. The fourth-order valence-corrected chi connectivity index (χ4v) is 6.37. The van der Waals surface area contributed by atoms with Crippen LogP contribution in [0.2, 0.25) is 0 Å². The zero-order chi connectivity index (χ0) is 22.8. The van der Waals surface area contributed by atoms with Crippen molar-refractivity contribution in [3.63, 3.8) is 0 Å². The van der Waals surface area contributed by atoms with E-state index in [1.807, 2.05) is 13.0 Å². The zero-order valence-corrected chi connectivity index (χ0v) is 20.1. The van der Waals surface area contributed by atoms with E-state index in [2.05, 4.69) is 38.7 Å². The van der Waals surface area contributed by atoms with E-state index in [4.69, 9.17) is 0 Å². The molecule has 3 N–H and O–H groups in total. The first kappa shape index (κ1) is 24.5. The zero-order valence-electron chi connectivity index (χ0n) is 20.1. The number of hydrogen-bond donors (Lipinski definition) is 3. The third kappa shape index (κ3) is 5.26. The Morgan fingerprint density at radius 1 is 1.19 bits per heavy atom. The van der Waals surface area contributed by atoms with E-state index in [-0.39, 0.29) is 18.6 Å². The second-order valence-electron chi connectivity index (χ2n) is 11.1. The molecule has 0 aromatic rings. The molecule has 0 amide bonds. The van der Waals surface area contributed by atoms with Crippen LogP contribution in [0.4, 0.5) is 0 Å². The third-order valence-corrected chi connectivity index (χ3v) is 8.87. The fraction of sp³-hybridized carbons (Fsp3) is 0.714. The van der Waals surface area contributed by atoms with Crippen molar-refractivity contribution in [1.82, 2.24) is 0 Å². The lowest BCUT2D eigenvalue weighted by Gasteiger charge is -2.44. The van der Waals surface area contributed by atoms with Gasteiger partial charge in [0.25, 0.3) is 0 Å². The molecule has 0 spiro atoms. The van der Waals surface area contributed by atoms with Crippen molar-refractivity contribution in [3.8, 4) is 0 Å². The average Bonchev–Trinajstić information content (AvgIpc) is 3.09. The number of hydrogen-bond acceptors (Lipinski definition) is 3. The van der Waals surface area contributed by atoms with Gasteiger partial charge < -0.3 is 15.3 Å². The molecule has 0 aromatic heterocycles. The van der Waals surface area contributed by atoms with E-state index in [1.165, 1.54) is 43.3 Å². The molecule has 174 valence electrons. The molecule has 0 radical (unpaired) electrons. The Morgan fingerprint density at radius 3 is 2.65 bits per heavy atom. The second-order valence-corrected chi connectivity index (χ2v) is 11.1. The van der Waals surface area contributed by atoms with Crippen LogP contribution in [0.1, 0.15) is 79.1 Å². The standard InChI is InChI=1S/C28H44O3/c1-19-8-11-24(30)17-23(19)10-9-22-7-6-15-27(4)25(12-13-26(22)27)20(2)14-16-28(5,31)21(3)18-29/h9-10,14,16,20-21,24-26,29-31H,1,6-8,11-13,15,17-18H2,2-5H3/b16-14+,22-9+,23-10?/t20-,21-,24+,25-,26-,27-,28-/m1/s1. The molecule has 3 heteroatoms. The highest BCUT2D eigenvalue weighted by molar-refractivity contribution is 5.36. The second kappa shape index (κ2) is 9.77. The molecule has 3 aliphatic carbocycles. The van der Waals surface area contributed by atoms with Crippen LogP contribution in [-0.4, -0.2) is 33.6 Å². The summed E-state index contributed by atoms with van der Waals surface area (Å²) in [4.78, 5) is 0. The molecule has 0 bridgehead atoms. The van der Waals surface area contributed by atoms with Gasteiger partial charge in [-0.15, -0.1) is 0 Å². The Kier molecular flexibility index (Phi) is 7.71. The quantitative estimate of drug-likeness (QED) is 0.474. The molecular weight excluding hydrogens is 384 g/mol. The molecule has 3 saturated carbocycles. The molecule has 0 heterocycles. The van der Waals surface area contributed by atoms with Crippen molar-refractivity contribution < 1.29 is 15.3 Å². The third-order valence-electron chi connectivity index (χ3n) is 8.87. The molecule has 3 rings (SSSR count). The molecule has 0 aromatic carbocycles. The lowest BCUT2D eigenvalue weighted by Crippen LogP contribution is -2.36. The van der Waals surface area contributed by atoms with Crippen molar-refractivity contribution in [1.29, 1.82) is 0 Å². The Labute approximate surface area is 189 Å². The van der Waals surface area contributed by atoms with Gasteiger partial charge in [-0.1, -0.05) is 62.8 Å². The molecule has 3 aliphatic rings. The SMILES string of the molecule is C=C1CC[C@H](O)CC1=C/C=C1\CCC[C@@]2(C)[C@@H]1CC[C@@H]2[C@H](C)/C=C/[C@@](C)(O)[C@H](C)CO. The summed E-state index contributed by atoms with van der Waals surface area (Å²) in [7, 11) is 0. The van der Waals surface area contributed by atoms with Gasteiger partial charge in [0.05, 0.1) is 11.7 Å². The predicted octanol–water partition coefficient (Wildman–Crippen LogP) is 5.73. The topological polar surface area (TPSA) is 60.7 Å². The molecule has 3 nitrogen and oxygen atoms in total. The molecule has 0 unspecified atom stereocenters. The highest BCUT2D eigenvalue weighted by atomic mass is 16.3. The van der Waals surface area contributed by atoms with Crippen LogP contribution < -0.4 is 0 Å². The number of aliphatic hydroxyl groups is 3. The van der Waals surface area contributed by atoms with Crippen LogP contribution in [0.15, 0.2) is 47.6 Å². The lowest BCUT2D eigenvalue weighted by atomic mass is 9.61. The first-order chi connectivity index (χ1) is 14.6. The van der Waals surface area contributed by atoms with Gasteiger partial charge in [0.2, 0.25) is 0 Å². The normalized spacial score (nSPS) is 38.4. The summed E-state index contributed by atoms with van der Waals surface area (Å²) in [5, 5.41) is 30.1. The monoisotopic (exact) mass is 428 g/mol. The summed E-state index contributed by atoms with van der Waals surface area (Å²) in [5.74, 6) is 1.46. The maximum atomic E-state index is 10.7. The van der Waals surface area contributed by atoms with Crippen LogP contribution in [0, 0.1) is 29.1 Å².